The second kappa shape index (κ2) is 5.60. The molecule has 0 amide bonds. The van der Waals surface area contributed by atoms with Crippen molar-refractivity contribution in [2.45, 2.75) is 19.6 Å². The van der Waals surface area contributed by atoms with Gasteiger partial charge in [0.25, 0.3) is 0 Å². The third-order valence-electron chi connectivity index (χ3n) is 3.80. The normalized spacial score (nSPS) is 20.6. The van der Waals surface area contributed by atoms with E-state index in [1.807, 2.05) is 22.8 Å². The minimum absolute atomic E-state index is 0.141. The van der Waals surface area contributed by atoms with Crippen LogP contribution in [-0.4, -0.2) is 46.8 Å². The molecule has 1 aliphatic rings. The lowest BCUT2D eigenvalue weighted by Crippen LogP contribution is -2.44. The summed E-state index contributed by atoms with van der Waals surface area (Å²) in [5.74, 6) is 0.513. The largest absolute Gasteiger partial charge is 0.374 e. The summed E-state index contributed by atoms with van der Waals surface area (Å²) < 4.78 is 7.83. The predicted molar refractivity (Wildman–Crippen MR) is 81.0 cm³/mol. The van der Waals surface area contributed by atoms with Crippen LogP contribution in [0.2, 0.25) is 5.02 Å². The zero-order chi connectivity index (χ0) is 14.1. The summed E-state index contributed by atoms with van der Waals surface area (Å²) in [6, 6.07) is 5.63. The van der Waals surface area contributed by atoms with Gasteiger partial charge in [0.2, 0.25) is 5.95 Å². The number of anilines is 1. The van der Waals surface area contributed by atoms with E-state index in [1.165, 1.54) is 0 Å². The van der Waals surface area contributed by atoms with Gasteiger partial charge < -0.3 is 15.0 Å². The third kappa shape index (κ3) is 2.61. The fourth-order valence-corrected chi connectivity index (χ4v) is 2.85. The first-order valence-electron chi connectivity index (χ1n) is 6.92. The first-order valence-corrected chi connectivity index (χ1v) is 7.30. The maximum Gasteiger partial charge on any atom is 0.201 e. The monoisotopic (exact) mass is 294 g/mol. The molecule has 2 N–H and O–H groups in total. The number of benzene rings is 1. The van der Waals surface area contributed by atoms with Crippen molar-refractivity contribution < 1.29 is 4.74 Å². The van der Waals surface area contributed by atoms with Gasteiger partial charge in [0.1, 0.15) is 0 Å². The van der Waals surface area contributed by atoms with Crippen molar-refractivity contribution in [3.63, 3.8) is 0 Å². The zero-order valence-electron chi connectivity index (χ0n) is 11.6. The van der Waals surface area contributed by atoms with Crippen LogP contribution >= 0.6 is 11.6 Å². The van der Waals surface area contributed by atoms with Crippen LogP contribution in [0.15, 0.2) is 18.2 Å². The SMILES string of the molecule is CCN1CCOC(Cn2c(N)nc3ccc(Cl)cc32)C1. The first kappa shape index (κ1) is 13.7. The summed E-state index contributed by atoms with van der Waals surface area (Å²) in [6.45, 7) is 6.62. The van der Waals surface area contributed by atoms with Gasteiger partial charge in [0, 0.05) is 18.1 Å². The van der Waals surface area contributed by atoms with Gasteiger partial charge in [0.05, 0.1) is 30.3 Å². The van der Waals surface area contributed by atoms with E-state index in [0.717, 1.165) is 37.3 Å². The molecular weight excluding hydrogens is 276 g/mol. The highest BCUT2D eigenvalue weighted by atomic mass is 35.5. The molecule has 1 unspecified atom stereocenters. The van der Waals surface area contributed by atoms with Crippen molar-refractivity contribution in [2.75, 3.05) is 32.0 Å². The molecule has 2 heterocycles. The number of nitrogens with two attached hydrogens (primary N) is 1. The highest BCUT2D eigenvalue weighted by molar-refractivity contribution is 6.31. The van der Waals surface area contributed by atoms with Crippen LogP contribution in [0, 0.1) is 0 Å². The molecule has 108 valence electrons. The van der Waals surface area contributed by atoms with Crippen LogP contribution in [0.25, 0.3) is 11.0 Å². The number of hydrogen-bond acceptors (Lipinski definition) is 4. The molecule has 5 nitrogen and oxygen atoms in total. The molecule has 0 aliphatic carbocycles. The Kier molecular flexibility index (Phi) is 3.83. The van der Waals surface area contributed by atoms with Crippen molar-refractivity contribution in [1.82, 2.24) is 14.5 Å². The molecule has 1 atom stereocenters. The number of aromatic nitrogens is 2. The number of likely N-dealkylation sites (N-methyl/N-ethyl adjacent to an activating group) is 1. The van der Waals surface area contributed by atoms with Crippen LogP contribution in [0.5, 0.6) is 0 Å². The van der Waals surface area contributed by atoms with Crippen LogP contribution < -0.4 is 5.73 Å². The minimum Gasteiger partial charge on any atom is -0.374 e. The zero-order valence-corrected chi connectivity index (χ0v) is 12.3. The Morgan fingerprint density at radius 3 is 3.15 bits per heavy atom. The average Bonchev–Trinajstić information content (AvgIpc) is 2.75. The summed E-state index contributed by atoms with van der Waals surface area (Å²) in [7, 11) is 0. The second-order valence-electron chi connectivity index (χ2n) is 5.10. The van der Waals surface area contributed by atoms with Crippen LogP contribution in [-0.2, 0) is 11.3 Å². The summed E-state index contributed by atoms with van der Waals surface area (Å²) in [6.07, 6.45) is 0.141. The van der Waals surface area contributed by atoms with Crippen molar-refractivity contribution in [1.29, 1.82) is 0 Å². The van der Waals surface area contributed by atoms with E-state index in [0.29, 0.717) is 17.5 Å². The molecule has 0 saturated carbocycles. The highest BCUT2D eigenvalue weighted by Crippen LogP contribution is 2.23. The molecule has 1 fully saturated rings. The standard InChI is InChI=1S/C14H19ClN4O/c1-2-18-5-6-20-11(8-18)9-19-13-7-10(15)3-4-12(13)17-14(19)16/h3-4,7,11H,2,5-6,8-9H2,1H3,(H2,16,17). The number of imidazole rings is 1. The molecule has 1 aliphatic heterocycles. The number of hydrogen-bond donors (Lipinski definition) is 1. The van der Waals surface area contributed by atoms with E-state index >= 15 is 0 Å². The summed E-state index contributed by atoms with van der Waals surface area (Å²) >= 11 is 6.07. The van der Waals surface area contributed by atoms with Gasteiger partial charge in [-0.05, 0) is 24.7 Å². The molecule has 0 spiro atoms. The molecule has 1 aromatic heterocycles. The molecular formula is C14H19ClN4O. The van der Waals surface area contributed by atoms with E-state index in [4.69, 9.17) is 22.1 Å². The Labute approximate surface area is 123 Å². The fourth-order valence-electron chi connectivity index (χ4n) is 2.69. The van der Waals surface area contributed by atoms with Crippen molar-refractivity contribution in [3.8, 4) is 0 Å². The topological polar surface area (TPSA) is 56.3 Å². The number of nitrogen functional groups attached to an aromatic ring is 1. The Bertz CT molecular complexity index is 612. The fraction of sp³-hybridized carbons (Fsp3) is 0.500. The molecule has 3 rings (SSSR count). The van der Waals surface area contributed by atoms with E-state index in [9.17, 15) is 0 Å². The summed E-state index contributed by atoms with van der Waals surface area (Å²) in [5.41, 5.74) is 7.86. The van der Waals surface area contributed by atoms with E-state index in [2.05, 4.69) is 16.8 Å². The number of halogens is 1. The quantitative estimate of drug-likeness (QED) is 0.940. The molecule has 6 heteroatoms. The van der Waals surface area contributed by atoms with Gasteiger partial charge in [-0.1, -0.05) is 18.5 Å². The van der Waals surface area contributed by atoms with Gasteiger partial charge >= 0.3 is 0 Å². The average molecular weight is 295 g/mol. The minimum atomic E-state index is 0.141. The second-order valence-corrected chi connectivity index (χ2v) is 5.54. The van der Waals surface area contributed by atoms with Gasteiger partial charge in [-0.25, -0.2) is 4.98 Å². The first-order chi connectivity index (χ1) is 9.67. The van der Waals surface area contributed by atoms with E-state index < -0.39 is 0 Å². The molecule has 1 aromatic carbocycles. The lowest BCUT2D eigenvalue weighted by Gasteiger charge is -2.32. The Morgan fingerprint density at radius 2 is 2.35 bits per heavy atom. The van der Waals surface area contributed by atoms with Crippen LogP contribution in [0.4, 0.5) is 5.95 Å². The van der Waals surface area contributed by atoms with Crippen LogP contribution in [0.3, 0.4) is 0 Å². The van der Waals surface area contributed by atoms with Crippen LogP contribution in [0.1, 0.15) is 6.92 Å². The van der Waals surface area contributed by atoms with Crippen molar-refractivity contribution in [2.24, 2.45) is 0 Å². The summed E-state index contributed by atoms with van der Waals surface area (Å²) in [5, 5.41) is 0.693. The number of fused-ring (bicyclic) bond motifs is 1. The number of nitrogens with zero attached hydrogens (tertiary/aromatic N) is 3. The smallest absolute Gasteiger partial charge is 0.201 e. The lowest BCUT2D eigenvalue weighted by atomic mass is 10.2. The Morgan fingerprint density at radius 1 is 1.50 bits per heavy atom. The number of morpholine rings is 1. The number of rotatable bonds is 3. The highest BCUT2D eigenvalue weighted by Gasteiger charge is 2.21. The maximum absolute atomic E-state index is 6.07. The van der Waals surface area contributed by atoms with Gasteiger partial charge in [0.15, 0.2) is 0 Å². The van der Waals surface area contributed by atoms with E-state index in [-0.39, 0.29) is 6.10 Å². The van der Waals surface area contributed by atoms with E-state index in [1.54, 1.807) is 0 Å². The maximum atomic E-state index is 6.07. The van der Waals surface area contributed by atoms with Gasteiger partial charge in [-0.3, -0.25) is 4.90 Å². The third-order valence-corrected chi connectivity index (χ3v) is 4.03. The molecule has 0 radical (unpaired) electrons. The molecule has 1 saturated heterocycles. The Hall–Kier alpha value is -1.30. The van der Waals surface area contributed by atoms with Gasteiger partial charge in [-0.15, -0.1) is 0 Å². The molecule has 0 bridgehead atoms. The molecule has 20 heavy (non-hydrogen) atoms. The van der Waals surface area contributed by atoms with Gasteiger partial charge in [-0.2, -0.15) is 0 Å². The Balaban J connectivity index is 1.86. The molecule has 2 aromatic rings. The predicted octanol–water partition coefficient (Wildman–Crippen LogP) is 1.99. The van der Waals surface area contributed by atoms with Crippen molar-refractivity contribution >= 4 is 28.6 Å². The lowest BCUT2D eigenvalue weighted by molar-refractivity contribution is -0.0335. The summed E-state index contributed by atoms with van der Waals surface area (Å²) in [4.78, 5) is 6.76. The van der Waals surface area contributed by atoms with Crippen molar-refractivity contribution in [3.05, 3.63) is 23.2 Å². The number of ether oxygens (including phenoxy) is 1.